The minimum atomic E-state index is -0.528. The molecule has 1 N–H and O–H groups in total. The highest BCUT2D eigenvalue weighted by molar-refractivity contribution is 5.02. The minimum Gasteiger partial charge on any atom is -0.396 e. The van der Waals surface area contributed by atoms with Gasteiger partial charge < -0.3 is 5.11 Å². The Bertz CT molecular complexity index is 132. The van der Waals surface area contributed by atoms with Crippen molar-refractivity contribution in [2.24, 2.45) is 11.3 Å². The fourth-order valence-corrected chi connectivity index (χ4v) is 2.51. The molecule has 0 aliphatic heterocycles. The summed E-state index contributed by atoms with van der Waals surface area (Å²) in [6, 6.07) is 0. The van der Waals surface area contributed by atoms with Crippen LogP contribution in [0.5, 0.6) is 0 Å². The van der Waals surface area contributed by atoms with Crippen molar-refractivity contribution >= 4 is 0 Å². The van der Waals surface area contributed by atoms with Crippen LogP contribution in [0.2, 0.25) is 0 Å². The van der Waals surface area contributed by atoms with E-state index >= 15 is 0 Å². The lowest BCUT2D eigenvalue weighted by atomic mass is 9.51. The smallest absolute Gasteiger partial charge is 0.101 e. The average molecular weight is 144 g/mol. The predicted molar refractivity (Wildman–Crippen MR) is 36.4 cm³/mol. The van der Waals surface area contributed by atoms with Crippen LogP contribution in [-0.4, -0.2) is 17.9 Å². The summed E-state index contributed by atoms with van der Waals surface area (Å²) in [7, 11) is 0. The van der Waals surface area contributed by atoms with Crippen LogP contribution < -0.4 is 0 Å². The molecular formula is C8H13FO. The van der Waals surface area contributed by atoms with Gasteiger partial charge in [0.05, 0.1) is 0 Å². The molecule has 0 aromatic heterocycles. The molecule has 10 heavy (non-hydrogen) atoms. The third-order valence-electron chi connectivity index (χ3n) is 3.01. The van der Waals surface area contributed by atoms with Crippen molar-refractivity contribution < 1.29 is 9.50 Å². The lowest BCUT2D eigenvalue weighted by Gasteiger charge is -2.55. The molecule has 2 fully saturated rings. The van der Waals surface area contributed by atoms with E-state index < -0.39 is 6.17 Å². The van der Waals surface area contributed by atoms with Crippen LogP contribution in [0.25, 0.3) is 0 Å². The van der Waals surface area contributed by atoms with E-state index in [0.717, 1.165) is 25.7 Å². The van der Waals surface area contributed by atoms with E-state index in [1.165, 1.54) is 0 Å². The van der Waals surface area contributed by atoms with Crippen LogP contribution in [0.1, 0.15) is 25.7 Å². The van der Waals surface area contributed by atoms with Crippen molar-refractivity contribution in [2.75, 3.05) is 6.61 Å². The summed E-state index contributed by atoms with van der Waals surface area (Å²) in [5.41, 5.74) is 0.354. The van der Waals surface area contributed by atoms with Crippen molar-refractivity contribution in [3.8, 4) is 0 Å². The van der Waals surface area contributed by atoms with E-state index in [2.05, 4.69) is 0 Å². The van der Waals surface area contributed by atoms with Crippen LogP contribution >= 0.6 is 0 Å². The maximum absolute atomic E-state index is 12.4. The molecule has 0 radical (unpaired) electrons. The predicted octanol–water partition coefficient (Wildman–Crippen LogP) is 1.51. The lowest BCUT2D eigenvalue weighted by Crippen LogP contribution is -2.49. The minimum absolute atomic E-state index is 0.304. The van der Waals surface area contributed by atoms with Gasteiger partial charge in [-0.05, 0) is 37.0 Å². The highest BCUT2D eigenvalue weighted by Crippen LogP contribution is 2.59. The summed E-state index contributed by atoms with van der Waals surface area (Å²) < 4.78 is 12.4. The SMILES string of the molecule is OCC1CC2(CC(F)C2)C1. The van der Waals surface area contributed by atoms with E-state index in [9.17, 15) is 4.39 Å². The number of rotatable bonds is 1. The molecule has 0 amide bonds. The van der Waals surface area contributed by atoms with E-state index in [0.29, 0.717) is 17.9 Å². The number of hydrogen-bond donors (Lipinski definition) is 1. The van der Waals surface area contributed by atoms with Crippen LogP contribution in [-0.2, 0) is 0 Å². The fraction of sp³-hybridized carbons (Fsp3) is 1.00. The molecule has 2 aliphatic carbocycles. The average Bonchev–Trinajstić information content (AvgIpc) is 1.74. The summed E-state index contributed by atoms with van der Waals surface area (Å²) in [6.45, 7) is 0.304. The molecule has 1 nitrogen and oxygen atoms in total. The van der Waals surface area contributed by atoms with Crippen LogP contribution in [0.4, 0.5) is 4.39 Å². The third-order valence-corrected chi connectivity index (χ3v) is 3.01. The van der Waals surface area contributed by atoms with Crippen LogP contribution in [0.3, 0.4) is 0 Å². The molecule has 0 saturated heterocycles. The highest BCUT2D eigenvalue weighted by Gasteiger charge is 2.52. The molecule has 2 heteroatoms. The molecule has 2 rings (SSSR count). The summed E-state index contributed by atoms with van der Waals surface area (Å²) in [4.78, 5) is 0. The van der Waals surface area contributed by atoms with Gasteiger partial charge in [-0.25, -0.2) is 4.39 Å². The first-order valence-corrected chi connectivity index (χ1v) is 3.99. The van der Waals surface area contributed by atoms with Crippen LogP contribution in [0, 0.1) is 11.3 Å². The molecule has 2 saturated carbocycles. The first-order valence-electron chi connectivity index (χ1n) is 3.99. The summed E-state index contributed by atoms with van der Waals surface area (Å²) >= 11 is 0. The van der Waals surface area contributed by atoms with Gasteiger partial charge in [-0.2, -0.15) is 0 Å². The zero-order chi connectivity index (χ0) is 7.19. The second-order valence-electron chi connectivity index (χ2n) is 3.96. The molecular weight excluding hydrogens is 131 g/mol. The Morgan fingerprint density at radius 3 is 2.30 bits per heavy atom. The first-order chi connectivity index (χ1) is 4.74. The molecule has 0 bridgehead atoms. The summed E-state index contributed by atoms with van der Waals surface area (Å²) in [5.74, 6) is 0.493. The first kappa shape index (κ1) is 6.59. The van der Waals surface area contributed by atoms with Crippen molar-refractivity contribution in [2.45, 2.75) is 31.9 Å². The van der Waals surface area contributed by atoms with E-state index in [4.69, 9.17) is 5.11 Å². The topological polar surface area (TPSA) is 20.2 Å². The van der Waals surface area contributed by atoms with Gasteiger partial charge in [0.1, 0.15) is 6.17 Å². The highest BCUT2D eigenvalue weighted by atomic mass is 19.1. The molecule has 0 aromatic carbocycles. The Morgan fingerprint density at radius 1 is 1.30 bits per heavy atom. The number of halogens is 1. The normalized spacial score (nSPS) is 52.2. The number of aliphatic hydroxyl groups is 1. The van der Waals surface area contributed by atoms with Gasteiger partial charge in [0.2, 0.25) is 0 Å². The monoisotopic (exact) mass is 144 g/mol. The molecule has 0 atom stereocenters. The Kier molecular flexibility index (Phi) is 1.28. The quantitative estimate of drug-likeness (QED) is 0.591. The second kappa shape index (κ2) is 1.94. The van der Waals surface area contributed by atoms with Crippen molar-refractivity contribution in [3.05, 3.63) is 0 Å². The third kappa shape index (κ3) is 0.782. The maximum Gasteiger partial charge on any atom is 0.101 e. The van der Waals surface area contributed by atoms with Crippen molar-refractivity contribution in [3.63, 3.8) is 0 Å². The van der Waals surface area contributed by atoms with Gasteiger partial charge >= 0.3 is 0 Å². The number of hydrogen-bond acceptors (Lipinski definition) is 1. The Balaban J connectivity index is 1.80. The summed E-state index contributed by atoms with van der Waals surface area (Å²) in [5, 5.41) is 8.71. The molecule has 0 unspecified atom stereocenters. The van der Waals surface area contributed by atoms with Gasteiger partial charge in [-0.3, -0.25) is 0 Å². The largest absolute Gasteiger partial charge is 0.396 e. The summed E-state index contributed by atoms with van der Waals surface area (Å²) in [6.07, 6.45) is 3.15. The molecule has 1 spiro atoms. The number of aliphatic hydroxyl groups excluding tert-OH is 1. The maximum atomic E-state index is 12.4. The van der Waals surface area contributed by atoms with Gasteiger partial charge in [0, 0.05) is 6.61 Å². The lowest BCUT2D eigenvalue weighted by molar-refractivity contribution is -0.0918. The zero-order valence-corrected chi connectivity index (χ0v) is 6.02. The zero-order valence-electron chi connectivity index (χ0n) is 6.02. The Labute approximate surface area is 60.2 Å². The van der Waals surface area contributed by atoms with Crippen molar-refractivity contribution in [1.29, 1.82) is 0 Å². The van der Waals surface area contributed by atoms with E-state index in [1.54, 1.807) is 0 Å². The van der Waals surface area contributed by atoms with Gasteiger partial charge in [0.15, 0.2) is 0 Å². The van der Waals surface area contributed by atoms with Gasteiger partial charge in [-0.15, -0.1) is 0 Å². The fourth-order valence-electron chi connectivity index (χ4n) is 2.51. The van der Waals surface area contributed by atoms with E-state index in [1.807, 2.05) is 0 Å². The molecule has 0 aromatic rings. The molecule has 2 aliphatic rings. The standard InChI is InChI=1S/C8H13FO/c9-7-3-8(4-7)1-6(2-8)5-10/h6-7,10H,1-5H2. The van der Waals surface area contributed by atoms with Gasteiger partial charge in [0.25, 0.3) is 0 Å². The molecule has 58 valence electrons. The van der Waals surface area contributed by atoms with Crippen LogP contribution in [0.15, 0.2) is 0 Å². The Morgan fingerprint density at radius 2 is 1.90 bits per heavy atom. The van der Waals surface area contributed by atoms with E-state index in [-0.39, 0.29) is 0 Å². The van der Waals surface area contributed by atoms with Gasteiger partial charge in [-0.1, -0.05) is 0 Å². The Hall–Kier alpha value is -0.110. The molecule has 0 heterocycles. The van der Waals surface area contributed by atoms with Crippen molar-refractivity contribution in [1.82, 2.24) is 0 Å². The number of alkyl halides is 1. The second-order valence-corrected chi connectivity index (χ2v) is 3.96.